The van der Waals surface area contributed by atoms with Gasteiger partial charge >= 0.3 is 0 Å². The van der Waals surface area contributed by atoms with Gasteiger partial charge in [0.05, 0.1) is 12.7 Å². The molecule has 1 unspecified atom stereocenters. The number of nitrogens with one attached hydrogen (secondary N) is 1. The van der Waals surface area contributed by atoms with Crippen LogP contribution in [-0.2, 0) is 4.74 Å². The zero-order chi connectivity index (χ0) is 12.8. The van der Waals surface area contributed by atoms with E-state index in [1.54, 1.807) is 18.2 Å². The van der Waals surface area contributed by atoms with Crippen molar-refractivity contribution in [1.29, 1.82) is 0 Å². The second-order valence-corrected chi connectivity index (χ2v) is 4.19. The van der Waals surface area contributed by atoms with E-state index in [1.165, 1.54) is 7.11 Å². The first-order valence-electron chi connectivity index (χ1n) is 5.26. The van der Waals surface area contributed by atoms with Gasteiger partial charge in [0.25, 0.3) is 5.91 Å². The Morgan fingerprint density at radius 1 is 1.59 bits per heavy atom. The Bertz CT molecular complexity index is 395. The molecular weight excluding hydrogens is 242 g/mol. The zero-order valence-electron chi connectivity index (χ0n) is 9.87. The Balaban J connectivity index is 2.55. The highest BCUT2D eigenvalue weighted by Crippen LogP contribution is 2.16. The molecule has 0 aliphatic carbocycles. The van der Waals surface area contributed by atoms with E-state index < -0.39 is 6.10 Å². The summed E-state index contributed by atoms with van der Waals surface area (Å²) in [6.45, 7) is 2.21. The Kier molecular flexibility index (Phi) is 5.41. The third-order valence-electron chi connectivity index (χ3n) is 2.29. The first kappa shape index (κ1) is 14.0. The monoisotopic (exact) mass is 257 g/mol. The molecule has 4 nitrogen and oxygen atoms in total. The van der Waals surface area contributed by atoms with Crippen LogP contribution in [0.25, 0.3) is 0 Å². The van der Waals surface area contributed by atoms with E-state index in [1.807, 2.05) is 6.92 Å². The third kappa shape index (κ3) is 4.34. The lowest BCUT2D eigenvalue weighted by molar-refractivity contribution is 0.0610. The van der Waals surface area contributed by atoms with E-state index in [-0.39, 0.29) is 19.1 Å². The average molecular weight is 258 g/mol. The van der Waals surface area contributed by atoms with Crippen LogP contribution in [0.5, 0.6) is 0 Å². The highest BCUT2D eigenvalue weighted by atomic mass is 35.5. The van der Waals surface area contributed by atoms with Crippen molar-refractivity contribution in [2.45, 2.75) is 13.0 Å². The largest absolute Gasteiger partial charge is 0.389 e. The van der Waals surface area contributed by atoms with Gasteiger partial charge in [0, 0.05) is 24.2 Å². The first-order valence-corrected chi connectivity index (χ1v) is 5.63. The second-order valence-electron chi connectivity index (χ2n) is 3.78. The summed E-state index contributed by atoms with van der Waals surface area (Å²) < 4.78 is 4.75. The van der Waals surface area contributed by atoms with Crippen LogP contribution >= 0.6 is 11.6 Å². The molecule has 17 heavy (non-hydrogen) atoms. The molecule has 1 aromatic rings. The molecule has 0 aliphatic heterocycles. The van der Waals surface area contributed by atoms with E-state index in [2.05, 4.69) is 5.32 Å². The fourth-order valence-corrected chi connectivity index (χ4v) is 1.48. The van der Waals surface area contributed by atoms with Crippen LogP contribution in [0.2, 0.25) is 5.02 Å². The maximum absolute atomic E-state index is 11.7. The molecule has 1 amide bonds. The van der Waals surface area contributed by atoms with E-state index in [4.69, 9.17) is 16.3 Å². The summed E-state index contributed by atoms with van der Waals surface area (Å²) in [6.07, 6.45) is -0.704. The van der Waals surface area contributed by atoms with Crippen LogP contribution in [0.1, 0.15) is 15.9 Å². The molecule has 0 fully saturated rings. The molecule has 0 spiro atoms. The fourth-order valence-electron chi connectivity index (χ4n) is 1.30. The number of ether oxygens (including phenoxy) is 1. The van der Waals surface area contributed by atoms with Gasteiger partial charge in [-0.25, -0.2) is 0 Å². The average Bonchev–Trinajstić information content (AvgIpc) is 2.30. The predicted molar refractivity (Wildman–Crippen MR) is 66.4 cm³/mol. The van der Waals surface area contributed by atoms with Crippen molar-refractivity contribution < 1.29 is 14.6 Å². The lowest BCUT2D eigenvalue weighted by atomic mass is 10.1. The minimum Gasteiger partial charge on any atom is -0.389 e. The molecule has 1 atom stereocenters. The van der Waals surface area contributed by atoms with Crippen LogP contribution in [0.15, 0.2) is 18.2 Å². The summed E-state index contributed by atoms with van der Waals surface area (Å²) >= 11 is 5.92. The summed E-state index contributed by atoms with van der Waals surface area (Å²) in [7, 11) is 1.49. The number of benzene rings is 1. The van der Waals surface area contributed by atoms with Crippen LogP contribution in [0, 0.1) is 6.92 Å². The Morgan fingerprint density at radius 3 is 2.88 bits per heavy atom. The van der Waals surface area contributed by atoms with Gasteiger partial charge in [-0.05, 0) is 24.6 Å². The minimum atomic E-state index is -0.704. The van der Waals surface area contributed by atoms with Crippen molar-refractivity contribution in [3.63, 3.8) is 0 Å². The number of carbonyl (C=O) groups excluding carboxylic acids is 1. The van der Waals surface area contributed by atoms with Gasteiger partial charge in [-0.3, -0.25) is 4.79 Å². The predicted octanol–water partition coefficient (Wildman–Crippen LogP) is 1.39. The lowest BCUT2D eigenvalue weighted by Crippen LogP contribution is -2.34. The van der Waals surface area contributed by atoms with Gasteiger partial charge in [0.15, 0.2) is 0 Å². The molecule has 0 bridgehead atoms. The molecule has 0 saturated carbocycles. The van der Waals surface area contributed by atoms with E-state index >= 15 is 0 Å². The van der Waals surface area contributed by atoms with Crippen molar-refractivity contribution in [3.05, 3.63) is 34.3 Å². The Labute approximate surface area is 106 Å². The van der Waals surface area contributed by atoms with E-state index in [0.29, 0.717) is 10.6 Å². The number of rotatable bonds is 5. The molecule has 0 aliphatic rings. The van der Waals surface area contributed by atoms with Crippen molar-refractivity contribution in [2.24, 2.45) is 0 Å². The molecule has 0 saturated heterocycles. The second kappa shape index (κ2) is 6.59. The van der Waals surface area contributed by atoms with Gasteiger partial charge in [0.1, 0.15) is 0 Å². The molecule has 5 heteroatoms. The quantitative estimate of drug-likeness (QED) is 0.838. The number of hydrogen-bond acceptors (Lipinski definition) is 3. The van der Waals surface area contributed by atoms with Crippen LogP contribution in [0.3, 0.4) is 0 Å². The summed E-state index contributed by atoms with van der Waals surface area (Å²) in [6, 6.07) is 5.08. The van der Waals surface area contributed by atoms with Crippen molar-refractivity contribution in [2.75, 3.05) is 20.3 Å². The molecule has 94 valence electrons. The van der Waals surface area contributed by atoms with Gasteiger partial charge in [-0.15, -0.1) is 0 Å². The Hall–Kier alpha value is -1.10. The highest BCUT2D eigenvalue weighted by Gasteiger charge is 2.09. The van der Waals surface area contributed by atoms with E-state index in [0.717, 1.165) is 5.56 Å². The fraction of sp³-hybridized carbons (Fsp3) is 0.417. The molecule has 2 N–H and O–H groups in total. The molecular formula is C12H16ClNO3. The van der Waals surface area contributed by atoms with Crippen molar-refractivity contribution in [3.8, 4) is 0 Å². The number of carbonyl (C=O) groups is 1. The van der Waals surface area contributed by atoms with Crippen LogP contribution < -0.4 is 5.32 Å². The van der Waals surface area contributed by atoms with Gasteiger partial charge in [-0.1, -0.05) is 17.7 Å². The van der Waals surface area contributed by atoms with Gasteiger partial charge in [-0.2, -0.15) is 0 Å². The number of aliphatic hydroxyl groups is 1. The molecule has 1 aromatic carbocycles. The molecule has 0 heterocycles. The van der Waals surface area contributed by atoms with Crippen LogP contribution in [0.4, 0.5) is 0 Å². The molecule has 0 aromatic heterocycles. The first-order chi connectivity index (χ1) is 8.04. The van der Waals surface area contributed by atoms with Crippen LogP contribution in [-0.4, -0.2) is 37.4 Å². The maximum Gasteiger partial charge on any atom is 0.251 e. The summed E-state index contributed by atoms with van der Waals surface area (Å²) in [5, 5.41) is 12.5. The molecule has 1 rings (SSSR count). The van der Waals surface area contributed by atoms with Crippen molar-refractivity contribution >= 4 is 17.5 Å². The van der Waals surface area contributed by atoms with Gasteiger partial charge < -0.3 is 15.2 Å². The van der Waals surface area contributed by atoms with E-state index in [9.17, 15) is 9.90 Å². The smallest absolute Gasteiger partial charge is 0.251 e. The summed E-state index contributed by atoms with van der Waals surface area (Å²) in [4.78, 5) is 11.7. The lowest BCUT2D eigenvalue weighted by Gasteiger charge is -2.11. The topological polar surface area (TPSA) is 58.6 Å². The number of halogens is 1. The number of hydrogen-bond donors (Lipinski definition) is 2. The Morgan fingerprint density at radius 2 is 2.29 bits per heavy atom. The number of aryl methyl sites for hydroxylation is 1. The summed E-state index contributed by atoms with van der Waals surface area (Å²) in [5.41, 5.74) is 1.40. The third-order valence-corrected chi connectivity index (χ3v) is 2.70. The zero-order valence-corrected chi connectivity index (χ0v) is 10.6. The standard InChI is InChI=1S/C12H16ClNO3/c1-8-3-4-9(5-11(8)13)12(16)14-6-10(15)7-17-2/h3-5,10,15H,6-7H2,1-2H3,(H,14,16). The van der Waals surface area contributed by atoms with Crippen molar-refractivity contribution in [1.82, 2.24) is 5.32 Å². The number of methoxy groups -OCH3 is 1. The minimum absolute atomic E-state index is 0.151. The van der Waals surface area contributed by atoms with Gasteiger partial charge in [0.2, 0.25) is 0 Å². The summed E-state index contributed by atoms with van der Waals surface area (Å²) in [5.74, 6) is -0.262. The number of amides is 1. The maximum atomic E-state index is 11.7. The number of aliphatic hydroxyl groups excluding tert-OH is 1. The molecule has 0 radical (unpaired) electrons. The normalized spacial score (nSPS) is 12.2. The highest BCUT2D eigenvalue weighted by molar-refractivity contribution is 6.31. The SMILES string of the molecule is COCC(O)CNC(=O)c1ccc(C)c(Cl)c1.